The number of hydrogen-bond acceptors (Lipinski definition) is 12. The zero-order valence-electron chi connectivity index (χ0n) is 26.3. The van der Waals surface area contributed by atoms with E-state index in [0.29, 0.717) is 0 Å². The quantitative estimate of drug-likeness (QED) is 0.166. The van der Waals surface area contributed by atoms with E-state index in [-0.39, 0.29) is 13.2 Å². The molecule has 0 aromatic rings. The summed E-state index contributed by atoms with van der Waals surface area (Å²) >= 11 is 0. The molecule has 0 amide bonds. The van der Waals surface area contributed by atoms with Crippen molar-refractivity contribution in [3.05, 3.63) is 34.9 Å². The summed E-state index contributed by atoms with van der Waals surface area (Å²) < 4.78 is 33.3. The zero-order valence-corrected chi connectivity index (χ0v) is 26.3. The molecule has 2 saturated heterocycles. The molecule has 0 aliphatic carbocycles. The van der Waals surface area contributed by atoms with Crippen molar-refractivity contribution in [1.29, 1.82) is 0 Å². The van der Waals surface area contributed by atoms with E-state index in [0.717, 1.165) is 45.1 Å². The monoisotopic (exact) mass is 614 g/mol. The molecule has 2 heterocycles. The van der Waals surface area contributed by atoms with Crippen LogP contribution >= 0.6 is 0 Å². The average Bonchev–Trinajstić information content (AvgIpc) is 2.91. The number of allylic oxidation sites excluding steroid dienone is 5. The molecular weight excluding hydrogens is 564 g/mol. The Bertz CT molecular complexity index is 987. The van der Waals surface area contributed by atoms with E-state index in [4.69, 9.17) is 28.4 Å². The van der Waals surface area contributed by atoms with Gasteiger partial charge in [-0.1, -0.05) is 34.9 Å². The van der Waals surface area contributed by atoms with Crippen LogP contribution in [-0.4, -0.2) is 107 Å². The van der Waals surface area contributed by atoms with Crippen molar-refractivity contribution < 1.29 is 58.4 Å². The van der Waals surface area contributed by atoms with Crippen LogP contribution in [0.2, 0.25) is 0 Å². The van der Waals surface area contributed by atoms with Crippen molar-refractivity contribution in [1.82, 2.24) is 0 Å². The van der Waals surface area contributed by atoms with Gasteiger partial charge in [0.2, 0.25) is 0 Å². The van der Waals surface area contributed by atoms with Gasteiger partial charge in [0.05, 0.1) is 19.3 Å². The predicted molar refractivity (Wildman–Crippen MR) is 155 cm³/mol. The molecule has 0 spiro atoms. The van der Waals surface area contributed by atoms with E-state index in [1.54, 1.807) is 0 Å². The number of carbonyl (C=O) groups excluding carboxylic acids is 2. The molecule has 0 aromatic carbocycles. The van der Waals surface area contributed by atoms with Gasteiger partial charge in [-0.05, 0) is 60.3 Å². The second kappa shape index (κ2) is 18.0. The van der Waals surface area contributed by atoms with E-state index in [1.165, 1.54) is 18.1 Å². The summed E-state index contributed by atoms with van der Waals surface area (Å²) in [6.45, 7) is 11.8. The first-order valence-electron chi connectivity index (χ1n) is 14.8. The average molecular weight is 615 g/mol. The number of aliphatic hydroxyl groups is 4. The van der Waals surface area contributed by atoms with Crippen molar-refractivity contribution in [2.24, 2.45) is 0 Å². The van der Waals surface area contributed by atoms with Crippen molar-refractivity contribution in [3.8, 4) is 0 Å². The summed E-state index contributed by atoms with van der Waals surface area (Å²) in [6, 6.07) is 0. The first-order valence-corrected chi connectivity index (χ1v) is 14.8. The third-order valence-electron chi connectivity index (χ3n) is 7.27. The highest BCUT2D eigenvalue weighted by molar-refractivity contribution is 5.67. The van der Waals surface area contributed by atoms with Crippen LogP contribution in [0, 0.1) is 0 Å². The van der Waals surface area contributed by atoms with E-state index in [1.807, 2.05) is 13.0 Å². The van der Waals surface area contributed by atoms with Gasteiger partial charge in [0.15, 0.2) is 24.8 Å². The Morgan fingerprint density at radius 2 is 1.26 bits per heavy atom. The smallest absolute Gasteiger partial charge is 0.303 e. The van der Waals surface area contributed by atoms with Gasteiger partial charge in [-0.3, -0.25) is 9.59 Å². The van der Waals surface area contributed by atoms with Gasteiger partial charge in [-0.15, -0.1) is 0 Å². The molecule has 12 nitrogen and oxygen atoms in total. The van der Waals surface area contributed by atoms with Crippen LogP contribution in [0.3, 0.4) is 0 Å². The molecule has 10 atom stereocenters. The third kappa shape index (κ3) is 12.0. The van der Waals surface area contributed by atoms with E-state index in [9.17, 15) is 30.0 Å². The van der Waals surface area contributed by atoms with Crippen LogP contribution in [0.5, 0.6) is 0 Å². The Labute approximate surface area is 254 Å². The van der Waals surface area contributed by atoms with Gasteiger partial charge in [-0.25, -0.2) is 0 Å². The summed E-state index contributed by atoms with van der Waals surface area (Å²) in [5.74, 6) is -1.43. The first kappa shape index (κ1) is 37.0. The topological polar surface area (TPSA) is 170 Å². The van der Waals surface area contributed by atoms with Crippen LogP contribution in [-0.2, 0) is 38.0 Å². The number of esters is 2. The highest BCUT2D eigenvalue weighted by Gasteiger charge is 2.50. The Kier molecular flexibility index (Phi) is 15.5. The largest absolute Gasteiger partial charge is 0.455 e. The highest BCUT2D eigenvalue weighted by Crippen LogP contribution is 2.29. The molecule has 246 valence electrons. The van der Waals surface area contributed by atoms with Gasteiger partial charge in [0, 0.05) is 13.8 Å². The molecule has 12 heteroatoms. The molecule has 2 aliphatic heterocycles. The van der Waals surface area contributed by atoms with Crippen molar-refractivity contribution in [2.75, 3.05) is 13.2 Å². The van der Waals surface area contributed by atoms with Crippen LogP contribution in [0.15, 0.2) is 34.9 Å². The van der Waals surface area contributed by atoms with Crippen LogP contribution in [0.25, 0.3) is 0 Å². The highest BCUT2D eigenvalue weighted by atomic mass is 16.7. The summed E-state index contributed by atoms with van der Waals surface area (Å²) in [7, 11) is 0. The molecule has 0 aromatic heterocycles. The van der Waals surface area contributed by atoms with Crippen molar-refractivity contribution in [2.45, 2.75) is 136 Å². The SMILES string of the molecule is CC(=O)O[C@@H]1[C@@H](O)[C@H](C)O[C@@H](OC[C@H]2O[C@@H](OC/C=C(\C)CC/C=C(\C)CCC=C(C)C)[C@H](O)[C@@H](O)[C@@H]2O)[C@@H]1OC(C)=O. The summed E-state index contributed by atoms with van der Waals surface area (Å²) in [6.07, 6.45) is -3.04. The van der Waals surface area contributed by atoms with E-state index >= 15 is 0 Å². The minimum Gasteiger partial charge on any atom is -0.455 e. The van der Waals surface area contributed by atoms with Crippen molar-refractivity contribution >= 4 is 11.9 Å². The fourth-order valence-electron chi connectivity index (χ4n) is 4.77. The second-order valence-electron chi connectivity index (χ2n) is 11.5. The summed E-state index contributed by atoms with van der Waals surface area (Å²) in [5, 5.41) is 41.9. The lowest BCUT2D eigenvalue weighted by atomic mass is 9.98. The Morgan fingerprint density at radius 3 is 1.86 bits per heavy atom. The molecule has 2 aliphatic rings. The number of aliphatic hydroxyl groups excluding tert-OH is 4. The van der Waals surface area contributed by atoms with E-state index in [2.05, 4.69) is 32.9 Å². The normalized spacial score (nSPS) is 33.6. The van der Waals surface area contributed by atoms with E-state index < -0.39 is 73.4 Å². The molecular formula is C31H50O12. The maximum absolute atomic E-state index is 11.7. The van der Waals surface area contributed by atoms with Gasteiger partial charge >= 0.3 is 11.9 Å². The molecule has 4 N–H and O–H groups in total. The van der Waals surface area contributed by atoms with Crippen LogP contribution in [0.1, 0.15) is 74.1 Å². The molecule has 0 saturated carbocycles. The molecule has 2 fully saturated rings. The van der Waals surface area contributed by atoms with Crippen LogP contribution in [0.4, 0.5) is 0 Å². The second-order valence-corrected chi connectivity index (χ2v) is 11.5. The maximum Gasteiger partial charge on any atom is 0.303 e. The van der Waals surface area contributed by atoms with Crippen LogP contribution < -0.4 is 0 Å². The predicted octanol–water partition coefficient (Wildman–Crippen LogP) is 2.22. The van der Waals surface area contributed by atoms with Gasteiger partial charge in [-0.2, -0.15) is 0 Å². The van der Waals surface area contributed by atoms with Gasteiger partial charge < -0.3 is 48.8 Å². The maximum atomic E-state index is 11.7. The Hall–Kier alpha value is -2.16. The molecule has 0 radical (unpaired) electrons. The molecule has 43 heavy (non-hydrogen) atoms. The Balaban J connectivity index is 1.96. The van der Waals surface area contributed by atoms with Gasteiger partial charge in [0.1, 0.15) is 30.5 Å². The zero-order chi connectivity index (χ0) is 32.3. The standard InChI is InChI=1S/C31H50O12/c1-17(2)10-8-11-18(3)12-9-13-19(4)14-15-38-30-27(37)26(36)25(35)23(43-30)16-39-31-29(42-22(7)33)28(41-21(6)32)24(34)20(5)40-31/h10,12,14,20,23-31,34-37H,8-9,11,13,15-16H2,1-7H3/b18-12+,19-14+/t20-,23+,24-,25+,26-,27+,28+,29+,30+,31+/m0/s1. The fraction of sp³-hybridized carbons (Fsp3) is 0.742. The minimum atomic E-state index is -1.59. The number of rotatable bonds is 14. The summed E-state index contributed by atoms with van der Waals surface area (Å²) in [4.78, 5) is 23.4. The molecule has 0 bridgehead atoms. The lowest BCUT2D eigenvalue weighted by Gasteiger charge is -2.43. The number of hydrogen-bond donors (Lipinski definition) is 4. The summed E-state index contributed by atoms with van der Waals surface area (Å²) in [5.41, 5.74) is 3.74. The van der Waals surface area contributed by atoms with Crippen molar-refractivity contribution in [3.63, 3.8) is 0 Å². The number of carbonyl (C=O) groups is 2. The Morgan fingerprint density at radius 1 is 0.674 bits per heavy atom. The molecule has 2 rings (SSSR count). The fourth-order valence-corrected chi connectivity index (χ4v) is 4.77. The lowest BCUT2D eigenvalue weighted by molar-refractivity contribution is -0.328. The van der Waals surface area contributed by atoms with Gasteiger partial charge in [0.25, 0.3) is 0 Å². The first-order chi connectivity index (χ1) is 20.2. The molecule has 0 unspecified atom stereocenters. The third-order valence-corrected chi connectivity index (χ3v) is 7.27. The lowest BCUT2D eigenvalue weighted by Crippen LogP contribution is -2.62. The number of ether oxygens (including phenoxy) is 6. The minimum absolute atomic E-state index is 0.104.